The standard InChI is InChI=1S/C19H24F2N4O3/c1-24-11-18(27)25(19(24)28)8-2-3-17(26)23-16-10-22-7-6-13(16)12-4-5-14(20)15(21)9-12/h4-5,9,13,16,22H,2-3,6-8,10-11H2,1H3,(H,23,26). The van der Waals surface area contributed by atoms with Gasteiger partial charge in [-0.3, -0.25) is 14.5 Å². The number of hydrogen-bond acceptors (Lipinski definition) is 4. The van der Waals surface area contributed by atoms with Crippen LogP contribution in [0, 0.1) is 11.6 Å². The van der Waals surface area contributed by atoms with E-state index in [1.807, 2.05) is 0 Å². The second kappa shape index (κ2) is 8.64. The van der Waals surface area contributed by atoms with Crippen LogP contribution in [-0.4, -0.2) is 66.9 Å². The molecule has 28 heavy (non-hydrogen) atoms. The van der Waals surface area contributed by atoms with Crippen LogP contribution in [0.2, 0.25) is 0 Å². The molecule has 0 bridgehead atoms. The van der Waals surface area contributed by atoms with E-state index in [-0.39, 0.29) is 49.3 Å². The summed E-state index contributed by atoms with van der Waals surface area (Å²) in [6, 6.07) is 3.25. The Hall–Kier alpha value is -2.55. The summed E-state index contributed by atoms with van der Waals surface area (Å²) < 4.78 is 26.8. The molecule has 2 saturated heterocycles. The van der Waals surface area contributed by atoms with Gasteiger partial charge < -0.3 is 15.5 Å². The van der Waals surface area contributed by atoms with Crippen LogP contribution in [0.3, 0.4) is 0 Å². The summed E-state index contributed by atoms with van der Waals surface area (Å²) in [5, 5.41) is 6.14. The summed E-state index contributed by atoms with van der Waals surface area (Å²) in [6.07, 6.45) is 1.23. The minimum atomic E-state index is -0.897. The number of carbonyl (C=O) groups is 3. The van der Waals surface area contributed by atoms with Crippen LogP contribution in [0.4, 0.5) is 13.6 Å². The molecular weight excluding hydrogens is 370 g/mol. The Morgan fingerprint density at radius 3 is 2.75 bits per heavy atom. The number of nitrogens with one attached hydrogen (secondary N) is 2. The van der Waals surface area contributed by atoms with Gasteiger partial charge >= 0.3 is 6.03 Å². The largest absolute Gasteiger partial charge is 0.351 e. The number of carbonyl (C=O) groups excluding carboxylic acids is 3. The highest BCUT2D eigenvalue weighted by atomic mass is 19.2. The molecule has 2 heterocycles. The van der Waals surface area contributed by atoms with Gasteiger partial charge in [0.25, 0.3) is 0 Å². The molecular formula is C19H24F2N4O3. The van der Waals surface area contributed by atoms with Crippen LogP contribution in [0.1, 0.15) is 30.7 Å². The SMILES string of the molecule is CN1CC(=O)N(CCCC(=O)NC2CNCCC2c2ccc(F)c(F)c2)C1=O. The second-order valence-corrected chi connectivity index (χ2v) is 7.23. The van der Waals surface area contributed by atoms with Crippen molar-refractivity contribution in [1.82, 2.24) is 20.4 Å². The molecule has 152 valence electrons. The lowest BCUT2D eigenvalue weighted by molar-refractivity contribution is -0.126. The Kier molecular flexibility index (Phi) is 6.23. The maximum Gasteiger partial charge on any atom is 0.326 e. The molecule has 2 unspecified atom stereocenters. The zero-order valence-electron chi connectivity index (χ0n) is 15.7. The first-order chi connectivity index (χ1) is 13.4. The van der Waals surface area contributed by atoms with Crippen LogP contribution in [-0.2, 0) is 9.59 Å². The number of imide groups is 1. The lowest BCUT2D eigenvalue weighted by atomic mass is 9.86. The van der Waals surface area contributed by atoms with Crippen LogP contribution in [0.5, 0.6) is 0 Å². The minimum absolute atomic E-state index is 0.0642. The number of halogens is 2. The summed E-state index contributed by atoms with van der Waals surface area (Å²) in [5.41, 5.74) is 0.655. The molecule has 9 heteroatoms. The normalized spacial score (nSPS) is 22.7. The van der Waals surface area contributed by atoms with Gasteiger partial charge in [-0.25, -0.2) is 13.6 Å². The van der Waals surface area contributed by atoms with Gasteiger partial charge in [-0.05, 0) is 37.1 Å². The minimum Gasteiger partial charge on any atom is -0.351 e. The summed E-state index contributed by atoms with van der Waals surface area (Å²) in [7, 11) is 1.56. The van der Waals surface area contributed by atoms with Crippen molar-refractivity contribution in [2.24, 2.45) is 0 Å². The van der Waals surface area contributed by atoms with Crippen molar-refractivity contribution in [3.05, 3.63) is 35.4 Å². The molecule has 0 aliphatic carbocycles. The van der Waals surface area contributed by atoms with Crippen LogP contribution in [0.25, 0.3) is 0 Å². The first-order valence-corrected chi connectivity index (χ1v) is 9.37. The zero-order valence-corrected chi connectivity index (χ0v) is 15.7. The van der Waals surface area contributed by atoms with E-state index in [1.165, 1.54) is 11.0 Å². The van der Waals surface area contributed by atoms with Gasteiger partial charge in [0, 0.05) is 38.5 Å². The number of rotatable bonds is 6. The van der Waals surface area contributed by atoms with E-state index in [4.69, 9.17) is 0 Å². The number of nitrogens with zero attached hydrogens (tertiary/aromatic N) is 2. The number of amides is 4. The molecule has 2 fully saturated rings. The van der Waals surface area contributed by atoms with Gasteiger partial charge in [0.05, 0.1) is 0 Å². The molecule has 2 atom stereocenters. The van der Waals surface area contributed by atoms with Gasteiger partial charge in [0.15, 0.2) is 11.6 Å². The quantitative estimate of drug-likeness (QED) is 0.711. The molecule has 4 amide bonds. The summed E-state index contributed by atoms with van der Waals surface area (Å²) >= 11 is 0. The van der Waals surface area contributed by atoms with Gasteiger partial charge in [-0.2, -0.15) is 0 Å². The van der Waals surface area contributed by atoms with E-state index in [9.17, 15) is 23.2 Å². The lowest BCUT2D eigenvalue weighted by Crippen LogP contribution is -2.50. The number of hydrogen-bond donors (Lipinski definition) is 2. The average molecular weight is 394 g/mol. The lowest BCUT2D eigenvalue weighted by Gasteiger charge is -2.33. The molecule has 0 saturated carbocycles. The molecule has 0 aromatic heterocycles. The Morgan fingerprint density at radius 1 is 1.29 bits per heavy atom. The van der Waals surface area contributed by atoms with Crippen LogP contribution >= 0.6 is 0 Å². The molecule has 1 aromatic carbocycles. The number of benzene rings is 1. The first kappa shape index (κ1) is 20.2. The van der Waals surface area contributed by atoms with E-state index in [0.717, 1.165) is 17.5 Å². The van der Waals surface area contributed by atoms with Crippen molar-refractivity contribution in [2.75, 3.05) is 33.2 Å². The van der Waals surface area contributed by atoms with Gasteiger partial charge in [0.1, 0.15) is 6.54 Å². The Bertz CT molecular complexity index is 774. The van der Waals surface area contributed by atoms with Crippen molar-refractivity contribution in [3.63, 3.8) is 0 Å². The zero-order chi connectivity index (χ0) is 20.3. The Morgan fingerprint density at radius 2 is 2.07 bits per heavy atom. The van der Waals surface area contributed by atoms with Gasteiger partial charge in [0.2, 0.25) is 11.8 Å². The van der Waals surface area contributed by atoms with Crippen molar-refractivity contribution in [2.45, 2.75) is 31.2 Å². The predicted molar refractivity (Wildman–Crippen MR) is 97.5 cm³/mol. The van der Waals surface area contributed by atoms with Gasteiger partial charge in [-0.15, -0.1) is 0 Å². The summed E-state index contributed by atoms with van der Waals surface area (Å²) in [4.78, 5) is 38.4. The topological polar surface area (TPSA) is 81.8 Å². The number of urea groups is 1. The average Bonchev–Trinajstić information content (AvgIpc) is 2.90. The maximum absolute atomic E-state index is 13.6. The molecule has 1 aromatic rings. The van der Waals surface area contributed by atoms with E-state index < -0.39 is 11.6 Å². The number of likely N-dealkylation sites (N-methyl/N-ethyl adjacent to an activating group) is 1. The Labute approximate surface area is 162 Å². The smallest absolute Gasteiger partial charge is 0.326 e. The number of piperidine rings is 1. The Balaban J connectivity index is 1.53. The molecule has 2 aliphatic rings. The van der Waals surface area contributed by atoms with Crippen molar-refractivity contribution < 1.29 is 23.2 Å². The maximum atomic E-state index is 13.6. The fourth-order valence-electron chi connectivity index (χ4n) is 3.72. The fourth-order valence-corrected chi connectivity index (χ4v) is 3.72. The van der Waals surface area contributed by atoms with E-state index >= 15 is 0 Å². The summed E-state index contributed by atoms with van der Waals surface area (Å²) in [6.45, 7) is 1.52. The van der Waals surface area contributed by atoms with Crippen molar-refractivity contribution in [3.8, 4) is 0 Å². The van der Waals surface area contributed by atoms with E-state index in [1.54, 1.807) is 13.1 Å². The fraction of sp³-hybridized carbons (Fsp3) is 0.526. The third kappa shape index (κ3) is 4.46. The summed E-state index contributed by atoms with van der Waals surface area (Å²) in [5.74, 6) is -2.37. The van der Waals surface area contributed by atoms with Crippen molar-refractivity contribution >= 4 is 17.8 Å². The van der Waals surface area contributed by atoms with Gasteiger partial charge in [-0.1, -0.05) is 6.07 Å². The third-order valence-corrected chi connectivity index (χ3v) is 5.22. The highest BCUT2D eigenvalue weighted by Crippen LogP contribution is 2.27. The van der Waals surface area contributed by atoms with Crippen LogP contribution in [0.15, 0.2) is 18.2 Å². The molecule has 2 aliphatic heterocycles. The molecule has 3 rings (SSSR count). The highest BCUT2D eigenvalue weighted by Gasteiger charge is 2.33. The van der Waals surface area contributed by atoms with Crippen molar-refractivity contribution in [1.29, 1.82) is 0 Å². The third-order valence-electron chi connectivity index (χ3n) is 5.22. The van der Waals surface area contributed by atoms with Crippen LogP contribution < -0.4 is 10.6 Å². The molecule has 0 spiro atoms. The highest BCUT2D eigenvalue weighted by molar-refractivity contribution is 6.01. The second-order valence-electron chi connectivity index (χ2n) is 7.23. The molecule has 2 N–H and O–H groups in total. The van der Waals surface area contributed by atoms with E-state index in [2.05, 4.69) is 10.6 Å². The molecule has 0 radical (unpaired) electrons. The van der Waals surface area contributed by atoms with E-state index in [0.29, 0.717) is 24.9 Å². The molecule has 7 nitrogen and oxygen atoms in total. The predicted octanol–water partition coefficient (Wildman–Crippen LogP) is 1.20. The monoisotopic (exact) mass is 394 g/mol. The first-order valence-electron chi connectivity index (χ1n) is 9.37.